The number of hydrogen-bond donors (Lipinski definition) is 1. The van der Waals surface area contributed by atoms with Crippen molar-refractivity contribution in [2.75, 3.05) is 6.61 Å². The first-order valence-electron chi connectivity index (χ1n) is 8.82. The fourth-order valence-electron chi connectivity index (χ4n) is 3.26. The van der Waals surface area contributed by atoms with Crippen molar-refractivity contribution in [3.8, 4) is 11.5 Å². The Morgan fingerprint density at radius 3 is 2.77 bits per heavy atom. The Labute approximate surface area is 159 Å². The molecule has 1 unspecified atom stereocenters. The van der Waals surface area contributed by atoms with Crippen molar-refractivity contribution in [1.29, 1.82) is 0 Å². The number of hydrogen-bond acceptors (Lipinski definition) is 3. The number of nitrogens with one attached hydrogen (secondary N) is 1. The maximum absolute atomic E-state index is 12.8. The van der Waals surface area contributed by atoms with Gasteiger partial charge < -0.3 is 14.8 Å². The Morgan fingerprint density at radius 2 is 2.08 bits per heavy atom. The predicted octanol–water partition coefficient (Wildman–Crippen LogP) is 5.08. The lowest BCUT2D eigenvalue weighted by atomic mass is 9.88. The van der Waals surface area contributed by atoms with Gasteiger partial charge in [-0.2, -0.15) is 0 Å². The SMILES string of the molecule is CCOc1ccc(C(=O)NC2CC(C)(C)Oc3ccc(C)cc32)cc1Cl. The van der Waals surface area contributed by atoms with E-state index in [1.54, 1.807) is 18.2 Å². The van der Waals surface area contributed by atoms with Gasteiger partial charge in [0.05, 0.1) is 17.7 Å². The number of rotatable bonds is 4. The highest BCUT2D eigenvalue weighted by atomic mass is 35.5. The summed E-state index contributed by atoms with van der Waals surface area (Å²) in [4.78, 5) is 12.8. The van der Waals surface area contributed by atoms with Crippen LogP contribution >= 0.6 is 11.6 Å². The molecule has 1 amide bonds. The van der Waals surface area contributed by atoms with E-state index in [-0.39, 0.29) is 17.6 Å². The van der Waals surface area contributed by atoms with Crippen LogP contribution in [0, 0.1) is 6.92 Å². The molecule has 1 aliphatic heterocycles. The molecule has 0 bridgehead atoms. The van der Waals surface area contributed by atoms with E-state index in [1.165, 1.54) is 0 Å². The van der Waals surface area contributed by atoms with Gasteiger partial charge in [0.2, 0.25) is 0 Å². The number of carbonyl (C=O) groups is 1. The third kappa shape index (κ3) is 3.96. The van der Waals surface area contributed by atoms with E-state index in [0.29, 0.717) is 29.4 Å². The van der Waals surface area contributed by atoms with Crippen LogP contribution in [-0.4, -0.2) is 18.1 Å². The Morgan fingerprint density at radius 1 is 1.31 bits per heavy atom. The minimum absolute atomic E-state index is 0.119. The second-order valence-corrected chi connectivity index (χ2v) is 7.62. The van der Waals surface area contributed by atoms with Crippen LogP contribution in [0.25, 0.3) is 0 Å². The number of halogens is 1. The summed E-state index contributed by atoms with van der Waals surface area (Å²) in [6.07, 6.45) is 0.694. The van der Waals surface area contributed by atoms with Crippen molar-refractivity contribution in [2.45, 2.75) is 45.8 Å². The number of aryl methyl sites for hydroxylation is 1. The zero-order valence-corrected chi connectivity index (χ0v) is 16.3. The Hall–Kier alpha value is -2.20. The van der Waals surface area contributed by atoms with Gasteiger partial charge in [-0.15, -0.1) is 0 Å². The van der Waals surface area contributed by atoms with Crippen molar-refractivity contribution in [3.63, 3.8) is 0 Å². The molecular weight excluding hydrogens is 350 g/mol. The maximum Gasteiger partial charge on any atom is 0.251 e. The largest absolute Gasteiger partial charge is 0.492 e. The fourth-order valence-corrected chi connectivity index (χ4v) is 3.49. The molecule has 26 heavy (non-hydrogen) atoms. The highest BCUT2D eigenvalue weighted by Crippen LogP contribution is 2.40. The Balaban J connectivity index is 1.85. The molecule has 138 valence electrons. The third-order valence-corrected chi connectivity index (χ3v) is 4.72. The van der Waals surface area contributed by atoms with Crippen molar-refractivity contribution < 1.29 is 14.3 Å². The van der Waals surface area contributed by atoms with Gasteiger partial charge in [-0.25, -0.2) is 0 Å². The van der Waals surface area contributed by atoms with Crippen molar-refractivity contribution in [3.05, 3.63) is 58.1 Å². The van der Waals surface area contributed by atoms with Crippen molar-refractivity contribution in [1.82, 2.24) is 5.32 Å². The maximum atomic E-state index is 12.8. The first kappa shape index (κ1) is 18.6. The Kier molecular flexibility index (Phi) is 5.15. The van der Waals surface area contributed by atoms with Crippen LogP contribution in [0.15, 0.2) is 36.4 Å². The third-order valence-electron chi connectivity index (χ3n) is 4.42. The van der Waals surface area contributed by atoms with Gasteiger partial charge in [0, 0.05) is 17.5 Å². The van der Waals surface area contributed by atoms with Gasteiger partial charge >= 0.3 is 0 Å². The van der Waals surface area contributed by atoms with Crippen LogP contribution in [0.1, 0.15) is 54.7 Å². The first-order chi connectivity index (χ1) is 12.3. The smallest absolute Gasteiger partial charge is 0.251 e. The molecule has 0 aromatic heterocycles. The zero-order chi connectivity index (χ0) is 18.9. The summed E-state index contributed by atoms with van der Waals surface area (Å²) in [5.74, 6) is 1.24. The van der Waals surface area contributed by atoms with Gasteiger partial charge in [-0.1, -0.05) is 29.3 Å². The molecule has 0 aliphatic carbocycles. The normalized spacial score (nSPS) is 17.8. The molecule has 2 aromatic rings. The summed E-state index contributed by atoms with van der Waals surface area (Å²) in [5, 5.41) is 3.57. The lowest BCUT2D eigenvalue weighted by Crippen LogP contribution is -2.41. The standard InChI is InChI=1S/C21H24ClNO3/c1-5-25-19-9-7-14(11-16(19)22)20(24)23-17-12-21(3,4)26-18-8-6-13(2)10-15(17)18/h6-11,17H,5,12H2,1-4H3,(H,23,24). The molecule has 0 saturated carbocycles. The number of amides is 1. The van der Waals surface area contributed by atoms with E-state index in [9.17, 15) is 4.79 Å². The van der Waals surface area contributed by atoms with Crippen molar-refractivity contribution in [2.24, 2.45) is 0 Å². The molecule has 0 spiro atoms. The summed E-state index contributed by atoms with van der Waals surface area (Å²) in [7, 11) is 0. The number of ether oxygens (including phenoxy) is 2. The highest BCUT2D eigenvalue weighted by Gasteiger charge is 2.34. The molecule has 1 atom stereocenters. The van der Waals surface area contributed by atoms with Gasteiger partial charge in [0.15, 0.2) is 0 Å². The van der Waals surface area contributed by atoms with Crippen LogP contribution in [0.3, 0.4) is 0 Å². The second-order valence-electron chi connectivity index (χ2n) is 7.21. The molecule has 0 radical (unpaired) electrons. The molecule has 5 heteroatoms. The number of benzene rings is 2. The van der Waals surface area contributed by atoms with E-state index in [2.05, 4.69) is 11.4 Å². The summed E-state index contributed by atoms with van der Waals surface area (Å²) in [5.41, 5.74) is 2.30. The molecule has 1 aliphatic rings. The molecule has 0 saturated heterocycles. The summed E-state index contributed by atoms with van der Waals surface area (Å²) >= 11 is 6.22. The van der Waals surface area contributed by atoms with Crippen LogP contribution < -0.4 is 14.8 Å². The fraction of sp³-hybridized carbons (Fsp3) is 0.381. The molecule has 1 N–H and O–H groups in total. The van der Waals surface area contributed by atoms with Gasteiger partial charge in [-0.05, 0) is 52.0 Å². The number of fused-ring (bicyclic) bond motifs is 1. The predicted molar refractivity (Wildman–Crippen MR) is 103 cm³/mol. The molecule has 0 fully saturated rings. The molecule has 4 nitrogen and oxygen atoms in total. The average Bonchev–Trinajstić information content (AvgIpc) is 2.56. The van der Waals surface area contributed by atoms with Crippen molar-refractivity contribution >= 4 is 17.5 Å². The summed E-state index contributed by atoms with van der Waals surface area (Å²) in [6, 6.07) is 11.0. The Bertz CT molecular complexity index is 832. The zero-order valence-electron chi connectivity index (χ0n) is 15.6. The highest BCUT2D eigenvalue weighted by molar-refractivity contribution is 6.32. The lowest BCUT2D eigenvalue weighted by Gasteiger charge is -2.38. The monoisotopic (exact) mass is 373 g/mol. The lowest BCUT2D eigenvalue weighted by molar-refractivity contribution is 0.0619. The van der Waals surface area contributed by atoms with E-state index in [1.807, 2.05) is 39.8 Å². The molecular formula is C21H24ClNO3. The second kappa shape index (κ2) is 7.20. The van der Waals surface area contributed by atoms with Crippen LogP contribution in [0.4, 0.5) is 0 Å². The first-order valence-corrected chi connectivity index (χ1v) is 9.19. The van der Waals surface area contributed by atoms with E-state index in [0.717, 1.165) is 16.9 Å². The van der Waals surface area contributed by atoms with Gasteiger partial charge in [0.1, 0.15) is 17.1 Å². The topological polar surface area (TPSA) is 47.6 Å². The number of carbonyl (C=O) groups excluding carboxylic acids is 1. The quantitative estimate of drug-likeness (QED) is 0.812. The summed E-state index contributed by atoms with van der Waals surface area (Å²) in [6.45, 7) is 8.51. The molecule has 2 aromatic carbocycles. The molecule has 1 heterocycles. The van der Waals surface area contributed by atoms with E-state index < -0.39 is 0 Å². The van der Waals surface area contributed by atoms with Crippen LogP contribution in [0.5, 0.6) is 11.5 Å². The van der Waals surface area contributed by atoms with Gasteiger partial charge in [-0.3, -0.25) is 4.79 Å². The minimum atomic E-state index is -0.351. The minimum Gasteiger partial charge on any atom is -0.492 e. The van der Waals surface area contributed by atoms with E-state index in [4.69, 9.17) is 21.1 Å². The van der Waals surface area contributed by atoms with Gasteiger partial charge in [0.25, 0.3) is 5.91 Å². The molecule has 3 rings (SSSR count). The van der Waals surface area contributed by atoms with E-state index >= 15 is 0 Å². The van der Waals surface area contributed by atoms with Crippen LogP contribution in [-0.2, 0) is 0 Å². The van der Waals surface area contributed by atoms with Crippen LogP contribution in [0.2, 0.25) is 5.02 Å². The average molecular weight is 374 g/mol. The summed E-state index contributed by atoms with van der Waals surface area (Å²) < 4.78 is 11.5.